The van der Waals surface area contributed by atoms with Crippen LogP contribution < -0.4 is 0 Å². The van der Waals surface area contributed by atoms with Gasteiger partial charge in [-0.25, -0.2) is 0 Å². The van der Waals surface area contributed by atoms with Crippen molar-refractivity contribution in [2.24, 2.45) is 0 Å². The number of fused-ring (bicyclic) bond motifs is 1. The fourth-order valence-electron chi connectivity index (χ4n) is 1.29. The predicted octanol–water partition coefficient (Wildman–Crippen LogP) is 2.32. The first-order chi connectivity index (χ1) is 6.68. The molecule has 0 atom stereocenters. The van der Waals surface area contributed by atoms with Gasteiger partial charge in [-0.05, 0) is 29.8 Å². The molecule has 1 aromatic carbocycles. The van der Waals surface area contributed by atoms with E-state index in [9.17, 15) is 9.90 Å². The number of phenolic OH excluding ortho intramolecular Hbond substituents is 1. The van der Waals surface area contributed by atoms with Crippen LogP contribution in [0.5, 0.6) is 5.75 Å². The first-order valence-corrected chi connectivity index (χ1v) is 4.34. The van der Waals surface area contributed by atoms with Crippen LogP contribution in [0, 0.1) is 0 Å². The second kappa shape index (κ2) is 3.27. The molecular weight excluding hydrogens is 202 g/mol. The van der Waals surface area contributed by atoms with E-state index in [4.69, 9.17) is 11.6 Å². The van der Waals surface area contributed by atoms with Crippen molar-refractivity contribution in [3.05, 3.63) is 36.0 Å². The van der Waals surface area contributed by atoms with Gasteiger partial charge in [0.15, 0.2) is 0 Å². The third kappa shape index (κ3) is 1.42. The van der Waals surface area contributed by atoms with Gasteiger partial charge in [-0.15, -0.1) is 0 Å². The van der Waals surface area contributed by atoms with Crippen molar-refractivity contribution in [1.82, 2.24) is 4.98 Å². The van der Waals surface area contributed by atoms with Gasteiger partial charge in [0, 0.05) is 17.1 Å². The molecule has 2 rings (SSSR count). The highest BCUT2D eigenvalue weighted by atomic mass is 35.5. The van der Waals surface area contributed by atoms with Gasteiger partial charge in [-0.1, -0.05) is 6.07 Å². The fourth-order valence-corrected chi connectivity index (χ4v) is 1.40. The van der Waals surface area contributed by atoms with E-state index >= 15 is 0 Å². The molecule has 0 fully saturated rings. The average Bonchev–Trinajstić information content (AvgIpc) is 2.17. The number of hydrogen-bond donors (Lipinski definition) is 1. The quantitative estimate of drug-likeness (QED) is 0.731. The SMILES string of the molecule is O=C(Cl)c1cc(O)c2ncccc2c1. The topological polar surface area (TPSA) is 50.2 Å². The fraction of sp³-hybridized carbons (Fsp3) is 0. The van der Waals surface area contributed by atoms with Crippen LogP contribution in [0.15, 0.2) is 30.5 Å². The maximum absolute atomic E-state index is 10.9. The molecule has 2 aromatic rings. The average molecular weight is 208 g/mol. The van der Waals surface area contributed by atoms with Crippen LogP contribution in [-0.4, -0.2) is 15.3 Å². The van der Waals surface area contributed by atoms with Gasteiger partial charge in [0.2, 0.25) is 0 Å². The molecule has 0 unspecified atom stereocenters. The second-order valence-corrected chi connectivity index (χ2v) is 3.19. The molecule has 0 radical (unpaired) electrons. The minimum absolute atomic E-state index is 0.0351. The Morgan fingerprint density at radius 3 is 2.93 bits per heavy atom. The van der Waals surface area contributed by atoms with E-state index in [1.54, 1.807) is 24.4 Å². The molecule has 4 heteroatoms. The third-order valence-electron chi connectivity index (χ3n) is 1.91. The van der Waals surface area contributed by atoms with Gasteiger partial charge < -0.3 is 5.11 Å². The van der Waals surface area contributed by atoms with E-state index in [0.29, 0.717) is 10.9 Å². The van der Waals surface area contributed by atoms with Crippen LogP contribution >= 0.6 is 11.6 Å². The molecule has 1 heterocycles. The number of aromatic nitrogens is 1. The van der Waals surface area contributed by atoms with E-state index in [1.807, 2.05) is 0 Å². The number of nitrogens with zero attached hydrogens (tertiary/aromatic N) is 1. The van der Waals surface area contributed by atoms with Crippen molar-refractivity contribution in [1.29, 1.82) is 0 Å². The number of pyridine rings is 1. The van der Waals surface area contributed by atoms with Gasteiger partial charge in [-0.2, -0.15) is 0 Å². The van der Waals surface area contributed by atoms with Crippen molar-refractivity contribution < 1.29 is 9.90 Å². The lowest BCUT2D eigenvalue weighted by molar-refractivity contribution is 0.108. The maximum Gasteiger partial charge on any atom is 0.252 e. The Morgan fingerprint density at radius 2 is 2.21 bits per heavy atom. The van der Waals surface area contributed by atoms with Crippen LogP contribution in [0.25, 0.3) is 10.9 Å². The largest absolute Gasteiger partial charge is 0.506 e. The lowest BCUT2D eigenvalue weighted by atomic mass is 10.1. The minimum Gasteiger partial charge on any atom is -0.506 e. The Kier molecular flexibility index (Phi) is 2.09. The first kappa shape index (κ1) is 8.97. The van der Waals surface area contributed by atoms with E-state index in [2.05, 4.69) is 4.98 Å². The van der Waals surface area contributed by atoms with E-state index in [0.717, 1.165) is 0 Å². The number of rotatable bonds is 1. The highest BCUT2D eigenvalue weighted by Crippen LogP contribution is 2.24. The molecule has 70 valence electrons. The van der Waals surface area contributed by atoms with Crippen LogP contribution in [-0.2, 0) is 0 Å². The molecule has 0 aliphatic rings. The highest BCUT2D eigenvalue weighted by molar-refractivity contribution is 6.67. The zero-order chi connectivity index (χ0) is 10.1. The molecule has 0 spiro atoms. The Labute approximate surface area is 85.0 Å². The zero-order valence-electron chi connectivity index (χ0n) is 7.07. The summed E-state index contributed by atoms with van der Waals surface area (Å²) >= 11 is 5.31. The molecule has 1 aromatic heterocycles. The summed E-state index contributed by atoms with van der Waals surface area (Å²) in [6.07, 6.45) is 1.57. The van der Waals surface area contributed by atoms with Gasteiger partial charge in [0.1, 0.15) is 11.3 Å². The van der Waals surface area contributed by atoms with Crippen LogP contribution in [0.3, 0.4) is 0 Å². The summed E-state index contributed by atoms with van der Waals surface area (Å²) < 4.78 is 0. The van der Waals surface area contributed by atoms with Crippen molar-refractivity contribution in [3.8, 4) is 5.75 Å². The number of aromatic hydroxyl groups is 1. The van der Waals surface area contributed by atoms with Crippen molar-refractivity contribution in [3.63, 3.8) is 0 Å². The lowest BCUT2D eigenvalue weighted by Crippen LogP contribution is -1.89. The normalized spacial score (nSPS) is 10.4. The lowest BCUT2D eigenvalue weighted by Gasteiger charge is -2.01. The zero-order valence-corrected chi connectivity index (χ0v) is 7.82. The van der Waals surface area contributed by atoms with Crippen molar-refractivity contribution in [2.75, 3.05) is 0 Å². The summed E-state index contributed by atoms with van der Waals surface area (Å²) in [6, 6.07) is 6.39. The summed E-state index contributed by atoms with van der Waals surface area (Å²) in [5, 5.41) is 9.63. The summed E-state index contributed by atoms with van der Waals surface area (Å²) in [5.41, 5.74) is 0.735. The van der Waals surface area contributed by atoms with Gasteiger partial charge in [0.05, 0.1) is 0 Å². The Morgan fingerprint density at radius 1 is 1.43 bits per heavy atom. The number of hydrogen-bond acceptors (Lipinski definition) is 3. The predicted molar refractivity (Wildman–Crippen MR) is 53.6 cm³/mol. The maximum atomic E-state index is 10.9. The Balaban J connectivity index is 2.78. The third-order valence-corrected chi connectivity index (χ3v) is 2.13. The molecule has 0 bridgehead atoms. The first-order valence-electron chi connectivity index (χ1n) is 3.96. The van der Waals surface area contributed by atoms with Crippen LogP contribution in [0.2, 0.25) is 0 Å². The van der Waals surface area contributed by atoms with Crippen molar-refractivity contribution >= 4 is 27.7 Å². The van der Waals surface area contributed by atoms with E-state index < -0.39 is 5.24 Å². The Bertz CT molecular complexity index is 510. The number of benzene rings is 1. The smallest absolute Gasteiger partial charge is 0.252 e. The van der Waals surface area contributed by atoms with Crippen LogP contribution in [0.1, 0.15) is 10.4 Å². The molecule has 0 aliphatic heterocycles. The monoisotopic (exact) mass is 207 g/mol. The number of carbonyl (C=O) groups excluding carboxylic acids is 1. The summed E-state index contributed by atoms with van der Waals surface area (Å²) in [4.78, 5) is 14.9. The van der Waals surface area contributed by atoms with E-state index in [-0.39, 0.29) is 11.3 Å². The summed E-state index contributed by atoms with van der Waals surface area (Å²) in [7, 11) is 0. The Hall–Kier alpha value is -1.61. The van der Waals surface area contributed by atoms with Gasteiger partial charge in [-0.3, -0.25) is 9.78 Å². The molecule has 3 nitrogen and oxygen atoms in total. The number of phenols is 1. The number of carbonyl (C=O) groups is 1. The molecule has 0 saturated heterocycles. The molecule has 0 saturated carbocycles. The summed E-state index contributed by atoms with van der Waals surface area (Å²) in [6.45, 7) is 0. The molecular formula is C10H6ClNO2. The minimum atomic E-state index is -0.592. The van der Waals surface area contributed by atoms with Crippen molar-refractivity contribution in [2.45, 2.75) is 0 Å². The van der Waals surface area contributed by atoms with Gasteiger partial charge in [0.25, 0.3) is 5.24 Å². The number of halogens is 1. The summed E-state index contributed by atoms with van der Waals surface area (Å²) in [5.74, 6) is -0.0351. The van der Waals surface area contributed by atoms with Gasteiger partial charge >= 0.3 is 0 Å². The second-order valence-electron chi connectivity index (χ2n) is 2.84. The van der Waals surface area contributed by atoms with Crippen LogP contribution in [0.4, 0.5) is 0 Å². The standard InChI is InChI=1S/C10H6ClNO2/c11-10(14)7-4-6-2-1-3-12-9(6)8(13)5-7/h1-5,13H. The molecule has 0 amide bonds. The highest BCUT2D eigenvalue weighted by Gasteiger charge is 2.07. The molecule has 14 heavy (non-hydrogen) atoms. The molecule has 0 aliphatic carbocycles. The molecule has 1 N–H and O–H groups in total. The van der Waals surface area contributed by atoms with E-state index in [1.165, 1.54) is 6.07 Å².